The molecule has 0 spiro atoms. The molecule has 2 fully saturated rings. The largest absolute Gasteiger partial charge is 0.477 e. The average Bonchev–Trinajstić information content (AvgIpc) is 2.89. The van der Waals surface area contributed by atoms with Crippen molar-refractivity contribution < 1.29 is 14.3 Å². The molecule has 4 heterocycles. The van der Waals surface area contributed by atoms with Crippen molar-refractivity contribution in [2.45, 2.75) is 25.4 Å². The first-order chi connectivity index (χ1) is 16.2. The van der Waals surface area contributed by atoms with Crippen LogP contribution in [-0.4, -0.2) is 85.1 Å². The predicted molar refractivity (Wildman–Crippen MR) is 127 cm³/mol. The van der Waals surface area contributed by atoms with Gasteiger partial charge < -0.3 is 24.3 Å². The number of piperazine rings is 1. The van der Waals surface area contributed by atoms with Crippen LogP contribution >= 0.6 is 0 Å². The first-order valence-corrected chi connectivity index (χ1v) is 11.9. The zero-order chi connectivity index (χ0) is 22.6. The van der Waals surface area contributed by atoms with Gasteiger partial charge in [0.05, 0.1) is 18.8 Å². The van der Waals surface area contributed by atoms with Crippen molar-refractivity contribution in [2.24, 2.45) is 0 Å². The molecule has 0 saturated carbocycles. The van der Waals surface area contributed by atoms with Gasteiger partial charge in [0.25, 0.3) is 5.91 Å². The van der Waals surface area contributed by atoms with Crippen molar-refractivity contribution in [1.82, 2.24) is 14.8 Å². The van der Waals surface area contributed by atoms with E-state index in [1.807, 2.05) is 57.2 Å². The van der Waals surface area contributed by atoms with Crippen LogP contribution in [0.5, 0.6) is 5.75 Å². The van der Waals surface area contributed by atoms with Crippen molar-refractivity contribution >= 4 is 23.3 Å². The first-order valence-electron chi connectivity index (χ1n) is 11.9. The van der Waals surface area contributed by atoms with E-state index in [0.717, 1.165) is 50.5 Å². The number of benzene rings is 1. The van der Waals surface area contributed by atoms with Crippen LogP contribution in [0.2, 0.25) is 0 Å². The number of aromatic nitrogens is 1. The monoisotopic (exact) mass is 449 g/mol. The highest BCUT2D eigenvalue weighted by molar-refractivity contribution is 5.86. The van der Waals surface area contributed by atoms with Gasteiger partial charge in [-0.15, -0.1) is 0 Å². The van der Waals surface area contributed by atoms with Crippen LogP contribution in [0.1, 0.15) is 19.3 Å². The number of amides is 2. The summed E-state index contributed by atoms with van der Waals surface area (Å²) in [6, 6.07) is 13.6. The summed E-state index contributed by atoms with van der Waals surface area (Å²) in [5.41, 5.74) is 0.876. The van der Waals surface area contributed by atoms with E-state index in [2.05, 4.69) is 9.88 Å². The van der Waals surface area contributed by atoms with Crippen LogP contribution in [-0.2, 0) is 9.59 Å². The van der Waals surface area contributed by atoms with E-state index in [4.69, 9.17) is 4.74 Å². The second-order valence-electron chi connectivity index (χ2n) is 8.90. The summed E-state index contributed by atoms with van der Waals surface area (Å²) in [6.45, 7) is 5.07. The van der Waals surface area contributed by atoms with E-state index in [9.17, 15) is 9.59 Å². The van der Waals surface area contributed by atoms with Crippen LogP contribution in [0.4, 0.5) is 11.5 Å². The number of nitrogens with zero attached hydrogens (tertiary/aromatic N) is 5. The van der Waals surface area contributed by atoms with Crippen LogP contribution in [0.3, 0.4) is 0 Å². The molecule has 5 rings (SSSR count). The van der Waals surface area contributed by atoms with Crippen LogP contribution in [0.15, 0.2) is 48.7 Å². The lowest BCUT2D eigenvalue weighted by atomic mass is 10.1. The second kappa shape index (κ2) is 9.68. The van der Waals surface area contributed by atoms with Crippen LogP contribution in [0, 0.1) is 0 Å². The number of ether oxygens (including phenoxy) is 1. The maximum Gasteiger partial charge on any atom is 0.265 e. The van der Waals surface area contributed by atoms with Crippen molar-refractivity contribution in [3.63, 3.8) is 0 Å². The Morgan fingerprint density at radius 3 is 2.39 bits per heavy atom. The van der Waals surface area contributed by atoms with Gasteiger partial charge in [-0.3, -0.25) is 9.59 Å². The highest BCUT2D eigenvalue weighted by Crippen LogP contribution is 2.33. The Bertz CT molecular complexity index is 971. The lowest BCUT2D eigenvalue weighted by Crippen LogP contribution is -2.55. The number of carbonyl (C=O) groups is 2. The van der Waals surface area contributed by atoms with Crippen molar-refractivity contribution in [2.75, 3.05) is 62.2 Å². The second-order valence-corrected chi connectivity index (χ2v) is 8.90. The van der Waals surface area contributed by atoms with Gasteiger partial charge in [0.1, 0.15) is 11.6 Å². The quantitative estimate of drug-likeness (QED) is 0.711. The van der Waals surface area contributed by atoms with Crippen molar-refractivity contribution in [1.29, 1.82) is 0 Å². The van der Waals surface area contributed by atoms with Crippen molar-refractivity contribution in [3.05, 3.63) is 48.7 Å². The van der Waals surface area contributed by atoms with Gasteiger partial charge in [-0.25, -0.2) is 4.98 Å². The minimum Gasteiger partial charge on any atom is -0.477 e. The number of piperidine rings is 1. The highest BCUT2D eigenvalue weighted by atomic mass is 16.5. The van der Waals surface area contributed by atoms with Gasteiger partial charge in [-0.2, -0.15) is 0 Å². The topological polar surface area (TPSA) is 69.2 Å². The number of carbonyl (C=O) groups excluding carboxylic acids is 2. The van der Waals surface area contributed by atoms with E-state index in [1.54, 1.807) is 6.20 Å². The Morgan fingerprint density at radius 2 is 1.64 bits per heavy atom. The van der Waals surface area contributed by atoms with Gasteiger partial charge >= 0.3 is 0 Å². The summed E-state index contributed by atoms with van der Waals surface area (Å²) in [7, 11) is 0. The molecule has 3 aliphatic rings. The SMILES string of the molecule is O=C(CN1C[C@H](C(=O)N2CCCCC2)Oc2ccccc21)N1CCN(c2ccccn2)CC1. The lowest BCUT2D eigenvalue weighted by molar-refractivity contribution is -0.140. The molecule has 8 nitrogen and oxygen atoms in total. The van der Waals surface area contributed by atoms with Crippen molar-refractivity contribution in [3.8, 4) is 5.75 Å². The molecule has 174 valence electrons. The molecule has 8 heteroatoms. The zero-order valence-corrected chi connectivity index (χ0v) is 18.9. The predicted octanol–water partition coefficient (Wildman–Crippen LogP) is 2.01. The van der Waals surface area contributed by atoms with E-state index >= 15 is 0 Å². The maximum atomic E-state index is 13.2. The number of pyridine rings is 1. The van der Waals surface area contributed by atoms with E-state index in [-0.39, 0.29) is 18.4 Å². The van der Waals surface area contributed by atoms with Gasteiger partial charge in [-0.1, -0.05) is 18.2 Å². The molecular weight excluding hydrogens is 418 g/mol. The summed E-state index contributed by atoms with van der Waals surface area (Å²) in [5, 5.41) is 0. The molecule has 0 radical (unpaired) electrons. The molecule has 1 aromatic heterocycles. The van der Waals surface area contributed by atoms with Crippen LogP contribution in [0.25, 0.3) is 0 Å². The molecule has 2 amide bonds. The van der Waals surface area contributed by atoms with Gasteiger partial charge in [0.2, 0.25) is 5.91 Å². The molecule has 33 heavy (non-hydrogen) atoms. The van der Waals surface area contributed by atoms with E-state index < -0.39 is 6.10 Å². The number of hydrogen-bond donors (Lipinski definition) is 0. The third-order valence-corrected chi connectivity index (χ3v) is 6.74. The fourth-order valence-corrected chi connectivity index (χ4v) is 4.89. The molecule has 2 aromatic rings. The molecule has 3 aliphatic heterocycles. The number of fused-ring (bicyclic) bond motifs is 1. The summed E-state index contributed by atoms with van der Waals surface area (Å²) in [6.07, 6.45) is 4.48. The molecule has 0 unspecified atom stereocenters. The standard InChI is InChI=1S/C25H31N5O3/c31-24(28-16-14-27(15-17-28)23-10-4-5-11-26-23)19-30-18-22(25(32)29-12-6-1-7-13-29)33-21-9-3-2-8-20(21)30/h2-5,8-11,22H,1,6-7,12-19H2/t22-/m1/s1. The van der Waals surface area contributed by atoms with E-state index in [0.29, 0.717) is 25.4 Å². The van der Waals surface area contributed by atoms with E-state index in [1.165, 1.54) is 6.42 Å². The fourth-order valence-electron chi connectivity index (χ4n) is 4.89. The Morgan fingerprint density at radius 1 is 0.879 bits per heavy atom. The lowest BCUT2D eigenvalue weighted by Gasteiger charge is -2.40. The highest BCUT2D eigenvalue weighted by Gasteiger charge is 2.35. The molecule has 2 saturated heterocycles. The van der Waals surface area contributed by atoms with Gasteiger partial charge in [-0.05, 0) is 43.5 Å². The van der Waals surface area contributed by atoms with Gasteiger partial charge in [0, 0.05) is 45.5 Å². The molecule has 0 bridgehead atoms. The third kappa shape index (κ3) is 4.74. The van der Waals surface area contributed by atoms with Gasteiger partial charge in [0.15, 0.2) is 6.10 Å². The minimum atomic E-state index is -0.577. The fraction of sp³-hybridized carbons (Fsp3) is 0.480. The Labute approximate surface area is 194 Å². The zero-order valence-electron chi connectivity index (χ0n) is 18.9. The normalized spacial score (nSPS) is 20.8. The number of rotatable bonds is 4. The Balaban J connectivity index is 1.24. The average molecular weight is 450 g/mol. The smallest absolute Gasteiger partial charge is 0.265 e. The number of anilines is 2. The maximum absolute atomic E-state index is 13.2. The molecule has 0 N–H and O–H groups in total. The Hall–Kier alpha value is -3.29. The summed E-state index contributed by atoms with van der Waals surface area (Å²) in [5.74, 6) is 1.74. The molecule has 1 atom stereocenters. The Kier molecular flexibility index (Phi) is 6.32. The van der Waals surface area contributed by atoms with Crippen LogP contribution < -0.4 is 14.5 Å². The first kappa shape index (κ1) is 21.6. The number of para-hydroxylation sites is 2. The third-order valence-electron chi connectivity index (χ3n) is 6.74. The molecular formula is C25H31N5O3. The molecule has 0 aliphatic carbocycles. The summed E-state index contributed by atoms with van der Waals surface area (Å²) < 4.78 is 6.10. The number of hydrogen-bond acceptors (Lipinski definition) is 6. The number of likely N-dealkylation sites (tertiary alicyclic amines) is 1. The summed E-state index contributed by atoms with van der Waals surface area (Å²) >= 11 is 0. The minimum absolute atomic E-state index is 0.0330. The summed E-state index contributed by atoms with van der Waals surface area (Å²) in [4.78, 5) is 38.8. The molecule has 1 aromatic carbocycles.